The number of hydrogen-bond donors (Lipinski definition) is 1. The van der Waals surface area contributed by atoms with Crippen LogP contribution in [0.3, 0.4) is 0 Å². The molecule has 0 radical (unpaired) electrons. The molecule has 0 atom stereocenters. The summed E-state index contributed by atoms with van der Waals surface area (Å²) in [4.78, 5) is 0. The SMILES string of the molecule is CC(C)c1c(O)cc(F)cc1F. The van der Waals surface area contributed by atoms with E-state index in [4.69, 9.17) is 5.11 Å². The maximum atomic E-state index is 13.0. The molecule has 12 heavy (non-hydrogen) atoms. The van der Waals surface area contributed by atoms with E-state index in [0.29, 0.717) is 0 Å². The van der Waals surface area contributed by atoms with Crippen molar-refractivity contribution in [1.82, 2.24) is 0 Å². The zero-order chi connectivity index (χ0) is 9.30. The Morgan fingerprint density at radius 1 is 1.25 bits per heavy atom. The summed E-state index contributed by atoms with van der Waals surface area (Å²) in [7, 11) is 0. The highest BCUT2D eigenvalue weighted by Crippen LogP contribution is 2.28. The third-order valence-corrected chi connectivity index (χ3v) is 1.65. The number of phenols is 1. The highest BCUT2D eigenvalue weighted by molar-refractivity contribution is 5.36. The first kappa shape index (κ1) is 8.97. The number of benzene rings is 1. The molecule has 0 unspecified atom stereocenters. The second-order valence-electron chi connectivity index (χ2n) is 2.98. The van der Waals surface area contributed by atoms with Crippen LogP contribution in [-0.4, -0.2) is 5.11 Å². The van der Waals surface area contributed by atoms with Crippen LogP contribution in [0.5, 0.6) is 5.75 Å². The Morgan fingerprint density at radius 3 is 2.25 bits per heavy atom. The summed E-state index contributed by atoms with van der Waals surface area (Å²) < 4.78 is 25.4. The molecule has 0 spiro atoms. The number of rotatable bonds is 1. The number of hydrogen-bond acceptors (Lipinski definition) is 1. The van der Waals surface area contributed by atoms with Crippen LogP contribution < -0.4 is 0 Å². The fourth-order valence-electron chi connectivity index (χ4n) is 1.14. The summed E-state index contributed by atoms with van der Waals surface area (Å²) in [5.74, 6) is -1.91. The minimum Gasteiger partial charge on any atom is -0.507 e. The predicted octanol–water partition coefficient (Wildman–Crippen LogP) is 2.79. The summed E-state index contributed by atoms with van der Waals surface area (Å²) in [5.41, 5.74) is 0.163. The number of aromatic hydroxyl groups is 1. The predicted molar refractivity (Wildman–Crippen MR) is 42.1 cm³/mol. The third-order valence-electron chi connectivity index (χ3n) is 1.65. The first-order chi connectivity index (χ1) is 5.52. The van der Waals surface area contributed by atoms with Gasteiger partial charge < -0.3 is 5.11 Å². The van der Waals surface area contributed by atoms with Gasteiger partial charge in [0.2, 0.25) is 0 Å². The van der Waals surface area contributed by atoms with Crippen molar-refractivity contribution >= 4 is 0 Å². The Kier molecular flexibility index (Phi) is 2.31. The Balaban J connectivity index is 3.28. The number of halogens is 2. The van der Waals surface area contributed by atoms with E-state index >= 15 is 0 Å². The first-order valence-corrected chi connectivity index (χ1v) is 3.70. The Morgan fingerprint density at radius 2 is 1.83 bits per heavy atom. The summed E-state index contributed by atoms with van der Waals surface area (Å²) in [6.07, 6.45) is 0. The molecule has 1 N–H and O–H groups in total. The lowest BCUT2D eigenvalue weighted by molar-refractivity contribution is 0.445. The molecule has 0 heterocycles. The highest BCUT2D eigenvalue weighted by Gasteiger charge is 2.13. The Hall–Kier alpha value is -1.12. The first-order valence-electron chi connectivity index (χ1n) is 3.70. The lowest BCUT2D eigenvalue weighted by Gasteiger charge is -2.08. The zero-order valence-corrected chi connectivity index (χ0v) is 6.94. The van der Waals surface area contributed by atoms with E-state index in [2.05, 4.69) is 0 Å². The van der Waals surface area contributed by atoms with Crippen molar-refractivity contribution in [3.63, 3.8) is 0 Å². The molecule has 0 saturated carbocycles. The molecule has 1 rings (SSSR count). The van der Waals surface area contributed by atoms with Gasteiger partial charge in [0.25, 0.3) is 0 Å². The van der Waals surface area contributed by atoms with Crippen LogP contribution in [0.2, 0.25) is 0 Å². The Bertz CT molecular complexity index is 272. The van der Waals surface area contributed by atoms with Gasteiger partial charge in [-0.3, -0.25) is 0 Å². The smallest absolute Gasteiger partial charge is 0.133 e. The minimum absolute atomic E-state index is 0.148. The van der Waals surface area contributed by atoms with Crippen molar-refractivity contribution in [2.75, 3.05) is 0 Å². The van der Waals surface area contributed by atoms with Gasteiger partial charge in [-0.25, -0.2) is 8.78 Å². The van der Waals surface area contributed by atoms with Crippen LogP contribution in [-0.2, 0) is 0 Å². The lowest BCUT2D eigenvalue weighted by atomic mass is 10.0. The topological polar surface area (TPSA) is 20.2 Å². The third kappa shape index (κ3) is 1.55. The van der Waals surface area contributed by atoms with E-state index in [1.807, 2.05) is 0 Å². The van der Waals surface area contributed by atoms with Crippen LogP contribution >= 0.6 is 0 Å². The van der Waals surface area contributed by atoms with Gasteiger partial charge in [-0.15, -0.1) is 0 Å². The van der Waals surface area contributed by atoms with Gasteiger partial charge in [-0.2, -0.15) is 0 Å². The average Bonchev–Trinajstić information content (AvgIpc) is 1.82. The van der Waals surface area contributed by atoms with Crippen LogP contribution in [0.1, 0.15) is 25.3 Å². The van der Waals surface area contributed by atoms with Crippen molar-refractivity contribution in [3.8, 4) is 5.75 Å². The molecule has 0 saturated heterocycles. The van der Waals surface area contributed by atoms with Crippen molar-refractivity contribution < 1.29 is 13.9 Å². The molecule has 0 bridgehead atoms. The Labute approximate surface area is 69.7 Å². The van der Waals surface area contributed by atoms with Crippen LogP contribution in [0.25, 0.3) is 0 Å². The standard InChI is InChI=1S/C9H10F2O/c1-5(2)9-7(11)3-6(10)4-8(9)12/h3-5,12H,1-2H3. The summed E-state index contributed by atoms with van der Waals surface area (Å²) in [5, 5.41) is 9.16. The van der Waals surface area contributed by atoms with E-state index in [1.54, 1.807) is 13.8 Å². The van der Waals surface area contributed by atoms with E-state index in [1.165, 1.54) is 0 Å². The minimum atomic E-state index is -0.755. The van der Waals surface area contributed by atoms with Gasteiger partial charge in [0.1, 0.15) is 17.4 Å². The summed E-state index contributed by atoms with van der Waals surface area (Å²) >= 11 is 0. The van der Waals surface area contributed by atoms with Gasteiger partial charge in [-0.1, -0.05) is 13.8 Å². The molecular formula is C9H10F2O. The van der Waals surface area contributed by atoms with Gasteiger partial charge in [0.05, 0.1) is 0 Å². The van der Waals surface area contributed by atoms with Crippen molar-refractivity contribution in [1.29, 1.82) is 0 Å². The maximum Gasteiger partial charge on any atom is 0.133 e. The summed E-state index contributed by atoms with van der Waals surface area (Å²) in [6.45, 7) is 3.46. The van der Waals surface area contributed by atoms with Crippen LogP contribution in [0.15, 0.2) is 12.1 Å². The molecule has 1 aromatic rings. The largest absolute Gasteiger partial charge is 0.507 e. The van der Waals surface area contributed by atoms with E-state index in [9.17, 15) is 8.78 Å². The van der Waals surface area contributed by atoms with Gasteiger partial charge >= 0.3 is 0 Å². The lowest BCUT2D eigenvalue weighted by Crippen LogP contribution is -1.94. The molecule has 3 heteroatoms. The molecule has 1 nitrogen and oxygen atoms in total. The van der Waals surface area contributed by atoms with Gasteiger partial charge in [-0.05, 0) is 5.92 Å². The average molecular weight is 172 g/mol. The fraction of sp³-hybridized carbons (Fsp3) is 0.333. The van der Waals surface area contributed by atoms with Crippen LogP contribution in [0, 0.1) is 11.6 Å². The van der Waals surface area contributed by atoms with E-state index < -0.39 is 11.6 Å². The highest BCUT2D eigenvalue weighted by atomic mass is 19.1. The van der Waals surface area contributed by atoms with Crippen molar-refractivity contribution in [2.45, 2.75) is 19.8 Å². The number of phenolic OH excluding ortho intramolecular Hbond substituents is 1. The maximum absolute atomic E-state index is 13.0. The second kappa shape index (κ2) is 3.09. The molecule has 1 aromatic carbocycles. The summed E-state index contributed by atoms with van der Waals surface area (Å²) in [6, 6.07) is 1.69. The van der Waals surface area contributed by atoms with E-state index in [0.717, 1.165) is 12.1 Å². The molecule has 0 aliphatic heterocycles. The molecule has 0 fully saturated rings. The van der Waals surface area contributed by atoms with E-state index in [-0.39, 0.29) is 17.2 Å². The zero-order valence-electron chi connectivity index (χ0n) is 6.94. The van der Waals surface area contributed by atoms with Crippen molar-refractivity contribution in [2.24, 2.45) is 0 Å². The van der Waals surface area contributed by atoms with Gasteiger partial charge in [0, 0.05) is 17.7 Å². The van der Waals surface area contributed by atoms with Crippen LogP contribution in [0.4, 0.5) is 8.78 Å². The molecule has 0 amide bonds. The van der Waals surface area contributed by atoms with Crippen molar-refractivity contribution in [3.05, 3.63) is 29.3 Å². The molecular weight excluding hydrogens is 162 g/mol. The quantitative estimate of drug-likeness (QED) is 0.690. The molecule has 0 aromatic heterocycles. The second-order valence-corrected chi connectivity index (χ2v) is 2.98. The molecule has 0 aliphatic rings. The fourth-order valence-corrected chi connectivity index (χ4v) is 1.14. The monoisotopic (exact) mass is 172 g/mol. The normalized spacial score (nSPS) is 10.8. The molecule has 66 valence electrons. The van der Waals surface area contributed by atoms with Gasteiger partial charge in [0.15, 0.2) is 0 Å². The molecule has 0 aliphatic carbocycles.